The minimum Gasteiger partial charge on any atom is -0.496 e. The Kier molecular flexibility index (Phi) is 3.93. The van der Waals surface area contributed by atoms with Crippen LogP contribution in [0, 0.1) is 6.92 Å². The van der Waals surface area contributed by atoms with Crippen molar-refractivity contribution in [1.82, 2.24) is 4.98 Å². The third kappa shape index (κ3) is 2.68. The topological polar surface area (TPSA) is 55.5 Å². The fourth-order valence-electron chi connectivity index (χ4n) is 1.68. The van der Waals surface area contributed by atoms with Gasteiger partial charge in [-0.05, 0) is 37.7 Å². The molecule has 5 heteroatoms. The Morgan fingerprint density at radius 1 is 1.44 bits per heavy atom. The molecule has 0 saturated carbocycles. The molecule has 0 radical (unpaired) electrons. The number of oxazole rings is 1. The molecule has 4 nitrogen and oxygen atoms in total. The number of ether oxygens (including phenoxy) is 1. The lowest BCUT2D eigenvalue weighted by Gasteiger charge is -2.14. The van der Waals surface area contributed by atoms with Crippen LogP contribution >= 0.6 is 11.8 Å². The molecule has 1 aromatic carbocycles. The highest BCUT2D eigenvalue weighted by Crippen LogP contribution is 2.37. The van der Waals surface area contributed by atoms with Crippen LogP contribution in [-0.4, -0.2) is 17.2 Å². The number of aliphatic hydroxyl groups excluding tert-OH is 1. The zero-order chi connectivity index (χ0) is 13.1. The number of hydrogen-bond donors (Lipinski definition) is 1. The summed E-state index contributed by atoms with van der Waals surface area (Å²) in [6, 6.07) is 5.62. The molecular formula is C13H15NO3S. The van der Waals surface area contributed by atoms with Gasteiger partial charge in [0.25, 0.3) is 5.22 Å². The lowest BCUT2D eigenvalue weighted by molar-refractivity contribution is 0.191. The van der Waals surface area contributed by atoms with Crippen molar-refractivity contribution in [3.63, 3.8) is 0 Å². The van der Waals surface area contributed by atoms with Crippen LogP contribution < -0.4 is 4.74 Å². The molecule has 2 rings (SSSR count). The third-order valence-electron chi connectivity index (χ3n) is 2.46. The van der Waals surface area contributed by atoms with E-state index in [4.69, 9.17) is 9.15 Å². The number of nitrogens with zero attached hydrogens (tertiary/aromatic N) is 1. The van der Waals surface area contributed by atoms with Gasteiger partial charge in [-0.15, -0.1) is 0 Å². The maximum absolute atomic E-state index is 9.86. The van der Waals surface area contributed by atoms with Crippen LogP contribution in [0.2, 0.25) is 0 Å². The van der Waals surface area contributed by atoms with E-state index in [-0.39, 0.29) is 0 Å². The second-order valence-corrected chi connectivity index (χ2v) is 4.90. The van der Waals surface area contributed by atoms with Crippen LogP contribution in [-0.2, 0) is 0 Å². The average molecular weight is 265 g/mol. The van der Waals surface area contributed by atoms with Gasteiger partial charge in [0.15, 0.2) is 0 Å². The first-order valence-corrected chi connectivity index (χ1v) is 6.38. The first kappa shape index (κ1) is 13.0. The Morgan fingerprint density at radius 3 is 2.78 bits per heavy atom. The van der Waals surface area contributed by atoms with Gasteiger partial charge in [-0.25, -0.2) is 4.98 Å². The molecule has 1 unspecified atom stereocenters. The van der Waals surface area contributed by atoms with Crippen LogP contribution in [0.4, 0.5) is 0 Å². The fraction of sp³-hybridized carbons (Fsp3) is 0.308. The SMILES string of the molecule is COc1cccc(Sc2nc(C)co2)c1C(C)O. The van der Waals surface area contributed by atoms with E-state index in [1.54, 1.807) is 20.3 Å². The Hall–Kier alpha value is -1.46. The molecule has 96 valence electrons. The first-order chi connectivity index (χ1) is 8.61. The van der Waals surface area contributed by atoms with Crippen LogP contribution in [0.25, 0.3) is 0 Å². The summed E-state index contributed by atoms with van der Waals surface area (Å²) in [6.45, 7) is 3.58. The Balaban J connectivity index is 2.37. The number of rotatable bonds is 4. The van der Waals surface area contributed by atoms with Crippen molar-refractivity contribution in [1.29, 1.82) is 0 Å². The molecule has 0 fully saturated rings. The molecule has 1 N–H and O–H groups in total. The van der Waals surface area contributed by atoms with Crippen molar-refractivity contribution in [3.8, 4) is 5.75 Å². The molecule has 2 aromatic rings. The maximum atomic E-state index is 9.86. The molecule has 1 aromatic heterocycles. The summed E-state index contributed by atoms with van der Waals surface area (Å²) >= 11 is 1.38. The van der Waals surface area contributed by atoms with Gasteiger partial charge < -0.3 is 14.3 Å². The summed E-state index contributed by atoms with van der Waals surface area (Å²) in [4.78, 5) is 5.12. The minimum atomic E-state index is -0.611. The molecule has 0 aliphatic heterocycles. The second-order valence-electron chi connectivity index (χ2n) is 3.90. The van der Waals surface area contributed by atoms with Crippen LogP contribution in [0.3, 0.4) is 0 Å². The number of aryl methyl sites for hydroxylation is 1. The lowest BCUT2D eigenvalue weighted by atomic mass is 10.1. The summed E-state index contributed by atoms with van der Waals surface area (Å²) in [7, 11) is 1.59. The molecule has 0 spiro atoms. The summed E-state index contributed by atoms with van der Waals surface area (Å²) in [6.07, 6.45) is 0.990. The highest BCUT2D eigenvalue weighted by molar-refractivity contribution is 7.99. The maximum Gasteiger partial charge on any atom is 0.260 e. The second kappa shape index (κ2) is 5.46. The normalized spacial score (nSPS) is 12.4. The highest BCUT2D eigenvalue weighted by atomic mass is 32.2. The van der Waals surface area contributed by atoms with E-state index >= 15 is 0 Å². The van der Waals surface area contributed by atoms with E-state index in [1.165, 1.54) is 11.8 Å². The highest BCUT2D eigenvalue weighted by Gasteiger charge is 2.16. The third-order valence-corrected chi connectivity index (χ3v) is 3.40. The van der Waals surface area contributed by atoms with Crippen LogP contribution in [0.1, 0.15) is 24.3 Å². The smallest absolute Gasteiger partial charge is 0.260 e. The van der Waals surface area contributed by atoms with Crippen molar-refractivity contribution in [3.05, 3.63) is 35.7 Å². The van der Waals surface area contributed by atoms with Crippen molar-refractivity contribution in [2.75, 3.05) is 7.11 Å². The summed E-state index contributed by atoms with van der Waals surface area (Å²) in [5.41, 5.74) is 1.58. The number of aromatic nitrogens is 1. The molecule has 0 bridgehead atoms. The van der Waals surface area contributed by atoms with E-state index in [1.807, 2.05) is 25.1 Å². The van der Waals surface area contributed by atoms with Crippen LogP contribution in [0.5, 0.6) is 5.75 Å². The van der Waals surface area contributed by atoms with Crippen molar-refractivity contribution >= 4 is 11.8 Å². The summed E-state index contributed by atoms with van der Waals surface area (Å²) < 4.78 is 10.6. The lowest BCUT2D eigenvalue weighted by Crippen LogP contribution is -1.98. The van der Waals surface area contributed by atoms with Gasteiger partial charge in [-0.2, -0.15) is 0 Å². The van der Waals surface area contributed by atoms with E-state index in [0.29, 0.717) is 11.0 Å². The van der Waals surface area contributed by atoms with E-state index in [0.717, 1.165) is 16.2 Å². The number of aliphatic hydroxyl groups is 1. The quantitative estimate of drug-likeness (QED) is 0.920. The standard InChI is InChI=1S/C13H15NO3S/c1-8-7-17-13(14-8)18-11-6-4-5-10(16-3)12(11)9(2)15/h4-7,9,15H,1-3H3. The average Bonchev–Trinajstić information content (AvgIpc) is 2.74. The van der Waals surface area contributed by atoms with Gasteiger partial charge in [-0.1, -0.05) is 6.07 Å². The zero-order valence-electron chi connectivity index (χ0n) is 10.5. The number of hydrogen-bond acceptors (Lipinski definition) is 5. The zero-order valence-corrected chi connectivity index (χ0v) is 11.3. The minimum absolute atomic E-state index is 0.558. The molecule has 0 aliphatic carbocycles. The largest absolute Gasteiger partial charge is 0.496 e. The molecule has 0 amide bonds. The molecule has 0 aliphatic rings. The van der Waals surface area contributed by atoms with E-state index in [2.05, 4.69) is 4.98 Å². The fourth-order valence-corrected chi connectivity index (χ4v) is 2.68. The van der Waals surface area contributed by atoms with E-state index in [9.17, 15) is 5.11 Å². The first-order valence-electron chi connectivity index (χ1n) is 5.56. The predicted molar refractivity (Wildman–Crippen MR) is 69.0 cm³/mol. The number of methoxy groups -OCH3 is 1. The van der Waals surface area contributed by atoms with Crippen LogP contribution in [0.15, 0.2) is 39.0 Å². The van der Waals surface area contributed by atoms with Gasteiger partial charge >= 0.3 is 0 Å². The molecule has 0 saturated heterocycles. The van der Waals surface area contributed by atoms with Crippen molar-refractivity contribution < 1.29 is 14.3 Å². The molecule has 1 atom stereocenters. The van der Waals surface area contributed by atoms with E-state index < -0.39 is 6.10 Å². The monoisotopic (exact) mass is 265 g/mol. The Labute approximate surface area is 110 Å². The van der Waals surface area contributed by atoms with Gasteiger partial charge in [0.05, 0.1) is 18.9 Å². The number of benzene rings is 1. The van der Waals surface area contributed by atoms with Gasteiger partial charge in [0.1, 0.15) is 12.0 Å². The Bertz CT molecular complexity index is 537. The molecule has 18 heavy (non-hydrogen) atoms. The molecular weight excluding hydrogens is 250 g/mol. The van der Waals surface area contributed by atoms with Crippen molar-refractivity contribution in [2.24, 2.45) is 0 Å². The Morgan fingerprint density at radius 2 is 2.22 bits per heavy atom. The van der Waals surface area contributed by atoms with Gasteiger partial charge in [-0.3, -0.25) is 0 Å². The summed E-state index contributed by atoms with van der Waals surface area (Å²) in [5, 5.41) is 10.4. The van der Waals surface area contributed by atoms with Gasteiger partial charge in [0.2, 0.25) is 0 Å². The van der Waals surface area contributed by atoms with Gasteiger partial charge in [0, 0.05) is 10.5 Å². The van der Waals surface area contributed by atoms with Crippen molar-refractivity contribution in [2.45, 2.75) is 30.1 Å². The molecule has 1 heterocycles. The summed E-state index contributed by atoms with van der Waals surface area (Å²) in [5.74, 6) is 0.665. The predicted octanol–water partition coefficient (Wildman–Crippen LogP) is 3.20.